The highest BCUT2D eigenvalue weighted by Crippen LogP contribution is 2.65. The molecule has 1 aromatic rings. The van der Waals surface area contributed by atoms with Gasteiger partial charge in [0, 0.05) is 30.1 Å². The lowest BCUT2D eigenvalue weighted by atomic mass is 9.74. The summed E-state index contributed by atoms with van der Waals surface area (Å²) in [6.45, 7) is 7.42. The van der Waals surface area contributed by atoms with Gasteiger partial charge in [-0.1, -0.05) is 55.3 Å². The third-order valence-electron chi connectivity index (χ3n) is 9.02. The molecule has 1 N–H and O–H groups in total. The number of unbranched alkanes of at least 4 members (excludes halogenated alkanes) is 3. The monoisotopic (exact) mass is 566 g/mol. The van der Waals surface area contributed by atoms with Gasteiger partial charge < -0.3 is 19.6 Å². The highest BCUT2D eigenvalue weighted by Gasteiger charge is 2.73. The average molecular weight is 567 g/mol. The number of esters is 1. The van der Waals surface area contributed by atoms with Crippen molar-refractivity contribution in [2.45, 2.75) is 81.3 Å². The Morgan fingerprint density at radius 3 is 2.48 bits per heavy atom. The maximum atomic E-state index is 14.7. The molecule has 1 aromatic carbocycles. The van der Waals surface area contributed by atoms with E-state index in [2.05, 4.69) is 18.2 Å². The molecule has 0 aliphatic carbocycles. The molecule has 8 heteroatoms. The van der Waals surface area contributed by atoms with Crippen molar-refractivity contribution in [1.29, 1.82) is 0 Å². The lowest BCUT2D eigenvalue weighted by molar-refractivity contribution is -0.154. The van der Waals surface area contributed by atoms with E-state index in [4.69, 9.17) is 4.74 Å². The molecule has 0 bridgehead atoms. The van der Waals surface area contributed by atoms with Crippen LogP contribution in [0.3, 0.4) is 0 Å². The molecule has 5 rings (SSSR count). The predicted molar refractivity (Wildman–Crippen MR) is 158 cm³/mol. The first kappa shape index (κ1) is 28.9. The molecule has 7 nitrogen and oxygen atoms in total. The maximum absolute atomic E-state index is 14.7. The van der Waals surface area contributed by atoms with Crippen LogP contribution in [0.1, 0.15) is 63.0 Å². The maximum Gasteiger partial charge on any atom is 0.311 e. The number of aliphatic hydroxyl groups is 1. The van der Waals surface area contributed by atoms with Gasteiger partial charge in [-0.3, -0.25) is 14.4 Å². The minimum absolute atomic E-state index is 0.0919. The van der Waals surface area contributed by atoms with Crippen LogP contribution in [0.25, 0.3) is 0 Å². The summed E-state index contributed by atoms with van der Waals surface area (Å²) in [5, 5.41) is 9.20. The summed E-state index contributed by atoms with van der Waals surface area (Å²) in [5.41, 5.74) is 2.92. The summed E-state index contributed by atoms with van der Waals surface area (Å²) >= 11 is 1.60. The minimum Gasteiger partial charge on any atom is -0.465 e. The van der Waals surface area contributed by atoms with Gasteiger partial charge >= 0.3 is 5.97 Å². The molecule has 1 spiro atoms. The molecular formula is C32H42N2O5S. The zero-order valence-electron chi connectivity index (χ0n) is 23.9. The molecule has 2 fully saturated rings. The van der Waals surface area contributed by atoms with Crippen molar-refractivity contribution in [2.75, 3.05) is 31.2 Å². The molecule has 1 unspecified atom stereocenters. The second kappa shape index (κ2) is 11.7. The summed E-state index contributed by atoms with van der Waals surface area (Å²) in [6.07, 6.45) is 14.1. The van der Waals surface area contributed by atoms with Crippen LogP contribution in [0.4, 0.5) is 5.69 Å². The van der Waals surface area contributed by atoms with Crippen molar-refractivity contribution in [3.63, 3.8) is 0 Å². The number of allylic oxidation sites excluding steroid dienone is 1. The number of para-hydroxylation sites is 1. The van der Waals surface area contributed by atoms with Crippen LogP contribution in [0, 0.1) is 25.7 Å². The van der Waals surface area contributed by atoms with Crippen LogP contribution in [-0.4, -0.2) is 69.6 Å². The number of fused-ring (bicyclic) bond motifs is 2. The van der Waals surface area contributed by atoms with Crippen LogP contribution in [-0.2, 0) is 19.1 Å². The standard InChI is InChI=1S/C32H42N2O5S/c1-22-14-12-15-23(2)26(22)33-19-13-17-32-24(25-30(38)39-21-11-7-4-8-16-31(25,3)40-32)28(36)34(27(32)29(33)37)18-9-5-6-10-20-35/h8,12-17,24-25,27,35H,4-7,9-11,18-21H2,1-3H3/b16-8-/t24-,25-,27?,31+,32-/m0/s1. The first-order valence-electron chi connectivity index (χ1n) is 14.8. The molecule has 4 aliphatic heterocycles. The third-order valence-corrected chi connectivity index (χ3v) is 10.8. The number of nitrogens with zero attached hydrogens (tertiary/aromatic N) is 2. The van der Waals surface area contributed by atoms with Gasteiger partial charge in [-0.05, 0) is 64.0 Å². The Balaban J connectivity index is 1.59. The van der Waals surface area contributed by atoms with E-state index in [1.807, 2.05) is 49.9 Å². The highest BCUT2D eigenvalue weighted by atomic mass is 32.2. The van der Waals surface area contributed by atoms with E-state index in [1.165, 1.54) is 0 Å². The quantitative estimate of drug-likeness (QED) is 0.292. The molecular weight excluding hydrogens is 524 g/mol. The second-order valence-electron chi connectivity index (χ2n) is 11.8. The first-order valence-corrected chi connectivity index (χ1v) is 15.6. The zero-order valence-corrected chi connectivity index (χ0v) is 24.8. The summed E-state index contributed by atoms with van der Waals surface area (Å²) in [7, 11) is 0. The number of hydrogen-bond donors (Lipinski definition) is 1. The zero-order chi connectivity index (χ0) is 28.5. The van der Waals surface area contributed by atoms with Crippen molar-refractivity contribution in [1.82, 2.24) is 4.90 Å². The first-order chi connectivity index (χ1) is 19.2. The van der Waals surface area contributed by atoms with Crippen LogP contribution >= 0.6 is 11.8 Å². The number of aryl methyl sites for hydroxylation is 2. The number of thioether (sulfide) groups is 1. The number of amides is 2. The molecule has 40 heavy (non-hydrogen) atoms. The Morgan fingerprint density at radius 2 is 1.73 bits per heavy atom. The van der Waals surface area contributed by atoms with Crippen LogP contribution < -0.4 is 4.90 Å². The predicted octanol–water partition coefficient (Wildman–Crippen LogP) is 4.73. The van der Waals surface area contributed by atoms with Crippen molar-refractivity contribution in [2.24, 2.45) is 11.8 Å². The summed E-state index contributed by atoms with van der Waals surface area (Å²) in [5.74, 6) is -1.91. The fourth-order valence-corrected chi connectivity index (χ4v) is 9.37. The Labute approximate surface area is 242 Å². The molecule has 0 radical (unpaired) electrons. The second-order valence-corrected chi connectivity index (χ2v) is 13.6. The molecule has 2 saturated heterocycles. The highest BCUT2D eigenvalue weighted by molar-refractivity contribution is 8.02. The van der Waals surface area contributed by atoms with E-state index in [0.717, 1.165) is 61.8 Å². The number of anilines is 1. The number of ether oxygens (including phenoxy) is 1. The Morgan fingerprint density at radius 1 is 0.975 bits per heavy atom. The minimum atomic E-state index is -0.874. The SMILES string of the molecule is Cc1cccc(C)c1N1CC=C[C@]23S[C@]4(C)/C=C\CCCCOC(=O)[C@@H]4[C@H]2C(=O)N(CCCCCCO)C3C1=O. The lowest BCUT2D eigenvalue weighted by Crippen LogP contribution is -2.53. The van der Waals surface area contributed by atoms with E-state index >= 15 is 0 Å². The van der Waals surface area contributed by atoms with Gasteiger partial charge in [0.15, 0.2) is 0 Å². The van der Waals surface area contributed by atoms with Crippen LogP contribution in [0.15, 0.2) is 42.5 Å². The van der Waals surface area contributed by atoms with E-state index in [1.54, 1.807) is 16.7 Å². The Bertz CT molecular complexity index is 1190. The Hall–Kier alpha value is -2.58. The van der Waals surface area contributed by atoms with Gasteiger partial charge in [-0.25, -0.2) is 0 Å². The van der Waals surface area contributed by atoms with Gasteiger partial charge in [0.1, 0.15) is 6.04 Å². The third kappa shape index (κ3) is 4.91. The average Bonchev–Trinajstić information content (AvgIpc) is 3.24. The lowest BCUT2D eigenvalue weighted by Gasteiger charge is -2.37. The number of carbonyl (C=O) groups is 3. The summed E-state index contributed by atoms with van der Waals surface area (Å²) in [6, 6.07) is 5.30. The number of likely N-dealkylation sites (tertiary alicyclic amines) is 1. The van der Waals surface area contributed by atoms with Gasteiger partial charge in [0.05, 0.1) is 23.2 Å². The van der Waals surface area contributed by atoms with Gasteiger partial charge in [0.2, 0.25) is 5.91 Å². The Kier molecular flexibility index (Phi) is 8.48. The van der Waals surface area contributed by atoms with E-state index < -0.39 is 27.4 Å². The molecule has 5 atom stereocenters. The van der Waals surface area contributed by atoms with Crippen molar-refractivity contribution >= 4 is 35.2 Å². The number of cyclic esters (lactones) is 1. The van der Waals surface area contributed by atoms with Gasteiger partial charge in [-0.15, -0.1) is 11.8 Å². The van der Waals surface area contributed by atoms with Crippen LogP contribution in [0.5, 0.6) is 0 Å². The fraction of sp³-hybridized carbons (Fsp3) is 0.594. The fourth-order valence-electron chi connectivity index (χ4n) is 7.22. The number of carbonyl (C=O) groups excluding carboxylic acids is 3. The smallest absolute Gasteiger partial charge is 0.311 e. The largest absolute Gasteiger partial charge is 0.465 e. The van der Waals surface area contributed by atoms with Crippen LogP contribution in [0.2, 0.25) is 0 Å². The molecule has 4 heterocycles. The van der Waals surface area contributed by atoms with Gasteiger partial charge in [-0.2, -0.15) is 0 Å². The van der Waals surface area contributed by atoms with Crippen molar-refractivity contribution < 1.29 is 24.2 Å². The molecule has 0 aromatic heterocycles. The molecule has 216 valence electrons. The molecule has 2 amide bonds. The number of hydrogen-bond acceptors (Lipinski definition) is 6. The van der Waals surface area contributed by atoms with Crippen molar-refractivity contribution in [3.05, 3.63) is 53.6 Å². The summed E-state index contributed by atoms with van der Waals surface area (Å²) in [4.78, 5) is 46.4. The number of benzene rings is 1. The van der Waals surface area contributed by atoms with E-state index in [9.17, 15) is 19.5 Å². The molecule has 0 saturated carbocycles. The van der Waals surface area contributed by atoms with Gasteiger partial charge in [0.25, 0.3) is 5.91 Å². The topological polar surface area (TPSA) is 87.2 Å². The molecule has 4 aliphatic rings. The number of rotatable bonds is 7. The van der Waals surface area contributed by atoms with E-state index in [-0.39, 0.29) is 24.4 Å². The van der Waals surface area contributed by atoms with Crippen molar-refractivity contribution in [3.8, 4) is 0 Å². The normalized spacial score (nSPS) is 32.8. The number of aliphatic hydroxyl groups excluding tert-OH is 1. The summed E-state index contributed by atoms with van der Waals surface area (Å²) < 4.78 is 4.23. The van der Waals surface area contributed by atoms with E-state index in [0.29, 0.717) is 19.7 Å².